The summed E-state index contributed by atoms with van der Waals surface area (Å²) in [6, 6.07) is 14.4. The Hall–Kier alpha value is -2.53. The maximum Gasteiger partial charge on any atom is 0.339 e. The summed E-state index contributed by atoms with van der Waals surface area (Å²) >= 11 is 0. The van der Waals surface area contributed by atoms with E-state index >= 15 is 0 Å². The zero-order valence-electron chi connectivity index (χ0n) is 12.3. The summed E-state index contributed by atoms with van der Waals surface area (Å²) in [5.41, 5.74) is 1.08. The van der Waals surface area contributed by atoms with Crippen LogP contribution in [-0.4, -0.2) is 31.4 Å². The van der Waals surface area contributed by atoms with E-state index in [2.05, 4.69) is 0 Å². The molecule has 0 aliphatic rings. The van der Waals surface area contributed by atoms with E-state index in [-0.39, 0.29) is 5.56 Å². The molecule has 0 bridgehead atoms. The minimum atomic E-state index is -1.06. The molecule has 0 saturated carbocycles. The Kier molecular flexibility index (Phi) is 5.80. The van der Waals surface area contributed by atoms with Crippen LogP contribution in [0.15, 0.2) is 48.5 Å². The van der Waals surface area contributed by atoms with Gasteiger partial charge in [-0.2, -0.15) is 0 Å². The van der Waals surface area contributed by atoms with E-state index in [0.29, 0.717) is 31.3 Å². The fraction of sp³-hybridized carbons (Fsp3) is 0.235. The molecular weight excluding hydrogens is 284 g/mol. The van der Waals surface area contributed by atoms with Crippen LogP contribution < -0.4 is 9.47 Å². The van der Waals surface area contributed by atoms with Crippen molar-refractivity contribution in [2.24, 2.45) is 0 Å². The lowest BCUT2D eigenvalue weighted by Crippen LogP contribution is -2.08. The largest absolute Gasteiger partial charge is 0.490 e. The number of carboxylic acid groups (broad SMARTS) is 1. The molecule has 0 heterocycles. The normalized spacial score (nSPS) is 10.2. The van der Waals surface area contributed by atoms with Gasteiger partial charge in [-0.3, -0.25) is 0 Å². The molecule has 0 aliphatic heterocycles. The number of carboxylic acids is 1. The van der Waals surface area contributed by atoms with E-state index < -0.39 is 5.97 Å². The highest BCUT2D eigenvalue weighted by Gasteiger charge is 2.13. The van der Waals surface area contributed by atoms with Gasteiger partial charge in [0.25, 0.3) is 0 Å². The molecule has 0 aliphatic carbocycles. The van der Waals surface area contributed by atoms with Crippen molar-refractivity contribution in [3.8, 4) is 11.5 Å². The van der Waals surface area contributed by atoms with E-state index in [1.807, 2.05) is 30.3 Å². The van der Waals surface area contributed by atoms with Crippen molar-refractivity contribution in [3.05, 3.63) is 59.7 Å². The van der Waals surface area contributed by atoms with Gasteiger partial charge in [0.1, 0.15) is 30.3 Å². The lowest BCUT2D eigenvalue weighted by atomic mass is 10.2. The molecule has 0 unspecified atom stereocenters. The van der Waals surface area contributed by atoms with Gasteiger partial charge in [-0.1, -0.05) is 30.3 Å². The van der Waals surface area contributed by atoms with Crippen LogP contribution in [-0.2, 0) is 11.3 Å². The average molecular weight is 302 g/mol. The second-order valence-electron chi connectivity index (χ2n) is 4.58. The molecular formula is C17H18O5. The highest BCUT2D eigenvalue weighted by molar-refractivity contribution is 5.91. The fourth-order valence-corrected chi connectivity index (χ4v) is 1.87. The van der Waals surface area contributed by atoms with Gasteiger partial charge in [-0.15, -0.1) is 0 Å². The molecule has 0 spiro atoms. The van der Waals surface area contributed by atoms with Crippen molar-refractivity contribution in [1.82, 2.24) is 0 Å². The Balaban J connectivity index is 2.06. The minimum absolute atomic E-state index is 0.0710. The molecule has 0 radical (unpaired) electrons. The summed E-state index contributed by atoms with van der Waals surface area (Å²) in [4.78, 5) is 11.3. The van der Waals surface area contributed by atoms with Crippen molar-refractivity contribution < 1.29 is 24.1 Å². The van der Waals surface area contributed by atoms with Gasteiger partial charge in [-0.05, 0) is 23.8 Å². The molecule has 0 fully saturated rings. The summed E-state index contributed by atoms with van der Waals surface area (Å²) in [5.74, 6) is -0.269. The average Bonchev–Trinajstić information content (AvgIpc) is 2.54. The number of rotatable bonds is 8. The number of aromatic carboxylic acids is 1. The predicted molar refractivity (Wildman–Crippen MR) is 81.5 cm³/mol. The molecule has 0 amide bonds. The molecule has 22 heavy (non-hydrogen) atoms. The smallest absolute Gasteiger partial charge is 0.339 e. The quantitative estimate of drug-likeness (QED) is 0.759. The van der Waals surface area contributed by atoms with E-state index in [4.69, 9.17) is 14.2 Å². The van der Waals surface area contributed by atoms with Crippen LogP contribution in [0.2, 0.25) is 0 Å². The van der Waals surface area contributed by atoms with Crippen LogP contribution >= 0.6 is 0 Å². The second-order valence-corrected chi connectivity index (χ2v) is 4.58. The summed E-state index contributed by atoms with van der Waals surface area (Å²) in [6.07, 6.45) is 0. The van der Waals surface area contributed by atoms with Crippen molar-refractivity contribution in [1.29, 1.82) is 0 Å². The van der Waals surface area contributed by atoms with Crippen LogP contribution in [0.5, 0.6) is 11.5 Å². The van der Waals surface area contributed by atoms with Gasteiger partial charge in [0.2, 0.25) is 0 Å². The first kappa shape index (κ1) is 15.9. The molecule has 0 saturated heterocycles. The Bertz CT molecular complexity index is 610. The first-order chi connectivity index (χ1) is 10.7. The first-order valence-corrected chi connectivity index (χ1v) is 6.86. The topological polar surface area (TPSA) is 65.0 Å². The van der Waals surface area contributed by atoms with Gasteiger partial charge < -0.3 is 19.3 Å². The molecule has 2 aromatic rings. The third-order valence-corrected chi connectivity index (χ3v) is 2.97. The molecule has 5 heteroatoms. The first-order valence-electron chi connectivity index (χ1n) is 6.86. The Labute approximate surface area is 129 Å². The Morgan fingerprint density at radius 1 is 1.05 bits per heavy atom. The number of methoxy groups -OCH3 is 1. The van der Waals surface area contributed by atoms with Gasteiger partial charge in [-0.25, -0.2) is 4.79 Å². The zero-order valence-corrected chi connectivity index (χ0v) is 12.3. The molecule has 2 rings (SSSR count). The number of ether oxygens (including phenoxy) is 3. The molecule has 0 atom stereocenters. The number of benzene rings is 2. The van der Waals surface area contributed by atoms with Crippen molar-refractivity contribution in [2.75, 3.05) is 20.3 Å². The van der Waals surface area contributed by atoms with Crippen LogP contribution in [0, 0.1) is 0 Å². The SMILES string of the molecule is COCCOc1ccc(OCc2ccccc2)cc1C(=O)O. The molecule has 5 nitrogen and oxygen atoms in total. The Morgan fingerprint density at radius 2 is 1.82 bits per heavy atom. The van der Waals surface area contributed by atoms with Gasteiger partial charge in [0, 0.05) is 7.11 Å². The summed E-state index contributed by atoms with van der Waals surface area (Å²) in [6.45, 7) is 1.07. The van der Waals surface area contributed by atoms with E-state index in [1.54, 1.807) is 19.2 Å². The Morgan fingerprint density at radius 3 is 2.50 bits per heavy atom. The highest BCUT2D eigenvalue weighted by Crippen LogP contribution is 2.25. The third kappa shape index (κ3) is 4.49. The number of hydrogen-bond acceptors (Lipinski definition) is 4. The maximum atomic E-state index is 11.3. The third-order valence-electron chi connectivity index (χ3n) is 2.97. The van der Waals surface area contributed by atoms with Gasteiger partial charge >= 0.3 is 5.97 Å². The zero-order chi connectivity index (χ0) is 15.8. The van der Waals surface area contributed by atoms with Crippen LogP contribution in [0.3, 0.4) is 0 Å². The van der Waals surface area contributed by atoms with E-state index in [1.165, 1.54) is 6.07 Å². The predicted octanol–water partition coefficient (Wildman–Crippen LogP) is 2.99. The molecule has 2 aromatic carbocycles. The van der Waals surface area contributed by atoms with Gasteiger partial charge in [0.05, 0.1) is 6.61 Å². The van der Waals surface area contributed by atoms with Crippen molar-refractivity contribution in [3.63, 3.8) is 0 Å². The summed E-state index contributed by atoms with van der Waals surface area (Å²) in [5, 5.41) is 9.27. The number of hydrogen-bond donors (Lipinski definition) is 1. The van der Waals surface area contributed by atoms with Crippen molar-refractivity contribution >= 4 is 5.97 Å². The molecule has 116 valence electrons. The van der Waals surface area contributed by atoms with Gasteiger partial charge in [0.15, 0.2) is 0 Å². The van der Waals surface area contributed by atoms with Crippen LogP contribution in [0.25, 0.3) is 0 Å². The summed E-state index contributed by atoms with van der Waals surface area (Å²) in [7, 11) is 1.56. The summed E-state index contributed by atoms with van der Waals surface area (Å²) < 4.78 is 15.9. The second kappa shape index (κ2) is 8.05. The lowest BCUT2D eigenvalue weighted by molar-refractivity contribution is 0.0689. The fourth-order valence-electron chi connectivity index (χ4n) is 1.87. The monoisotopic (exact) mass is 302 g/mol. The van der Waals surface area contributed by atoms with Crippen molar-refractivity contribution in [2.45, 2.75) is 6.61 Å². The minimum Gasteiger partial charge on any atom is -0.490 e. The maximum absolute atomic E-state index is 11.3. The van der Waals surface area contributed by atoms with Crippen LogP contribution in [0.4, 0.5) is 0 Å². The lowest BCUT2D eigenvalue weighted by Gasteiger charge is -2.11. The standard InChI is InChI=1S/C17H18O5/c1-20-9-10-21-16-8-7-14(11-15(16)17(18)19)22-12-13-5-3-2-4-6-13/h2-8,11H,9-10,12H2,1H3,(H,18,19). The van der Waals surface area contributed by atoms with E-state index in [9.17, 15) is 9.90 Å². The van der Waals surface area contributed by atoms with Crippen LogP contribution in [0.1, 0.15) is 15.9 Å². The highest BCUT2D eigenvalue weighted by atomic mass is 16.5. The van der Waals surface area contributed by atoms with E-state index in [0.717, 1.165) is 5.56 Å². The number of carbonyl (C=O) groups is 1. The molecule has 0 aromatic heterocycles. The molecule has 1 N–H and O–H groups in total.